The summed E-state index contributed by atoms with van der Waals surface area (Å²) in [5, 5.41) is 0. The molecule has 7 heteroatoms. The Morgan fingerprint density at radius 2 is 1.67 bits per heavy atom. The number of aromatic nitrogens is 3. The molecule has 0 aliphatic carbocycles. The summed E-state index contributed by atoms with van der Waals surface area (Å²) in [6.45, 7) is 5.80. The molecule has 0 aliphatic heterocycles. The van der Waals surface area contributed by atoms with Crippen molar-refractivity contribution in [2.24, 2.45) is 7.05 Å². The molecule has 1 aromatic rings. The second-order valence-electron chi connectivity index (χ2n) is 5.56. The van der Waals surface area contributed by atoms with Crippen LogP contribution < -0.4 is 11.4 Å². The van der Waals surface area contributed by atoms with E-state index >= 15 is 0 Å². The highest BCUT2D eigenvalue weighted by molar-refractivity contribution is 7.71. The highest BCUT2D eigenvalue weighted by Gasteiger charge is 2.21. The van der Waals surface area contributed by atoms with E-state index in [0.717, 1.165) is 0 Å². The fourth-order valence-electron chi connectivity index (χ4n) is 1.67. The van der Waals surface area contributed by atoms with Crippen LogP contribution in [0.4, 0.5) is 0 Å². The lowest BCUT2D eigenvalue weighted by Gasteiger charge is -2.24. The average molecular weight is 272 g/mol. The third-order valence-corrected chi connectivity index (χ3v) is 3.01. The van der Waals surface area contributed by atoms with Crippen LogP contribution in [0.25, 0.3) is 0 Å². The molecule has 1 rings (SSSR count). The summed E-state index contributed by atoms with van der Waals surface area (Å²) in [4.78, 5) is 26.3. The van der Waals surface area contributed by atoms with Gasteiger partial charge in [0.15, 0.2) is 4.77 Å². The Labute approximate surface area is 111 Å². The Bertz CT molecular complexity index is 616. The van der Waals surface area contributed by atoms with E-state index in [2.05, 4.69) is 0 Å². The van der Waals surface area contributed by atoms with Gasteiger partial charge in [0, 0.05) is 12.6 Å². The molecule has 102 valence electrons. The van der Waals surface area contributed by atoms with Crippen LogP contribution in [0.1, 0.15) is 20.8 Å². The van der Waals surface area contributed by atoms with Crippen LogP contribution in [0.3, 0.4) is 0 Å². The summed E-state index contributed by atoms with van der Waals surface area (Å²) < 4.78 is 4.21. The zero-order chi connectivity index (χ0) is 14.2. The fourth-order valence-corrected chi connectivity index (χ4v) is 1.89. The van der Waals surface area contributed by atoms with Crippen LogP contribution in [-0.4, -0.2) is 32.7 Å². The SMILES string of the molecule is CN(C)Cn1c(=S)n(C)c(=O)n(C(C)(C)C)c1=O. The summed E-state index contributed by atoms with van der Waals surface area (Å²) >= 11 is 5.16. The lowest BCUT2D eigenvalue weighted by atomic mass is 10.1. The van der Waals surface area contributed by atoms with Crippen molar-refractivity contribution in [3.63, 3.8) is 0 Å². The van der Waals surface area contributed by atoms with Gasteiger partial charge < -0.3 is 0 Å². The lowest BCUT2D eigenvalue weighted by Crippen LogP contribution is -2.52. The van der Waals surface area contributed by atoms with Crippen molar-refractivity contribution < 1.29 is 0 Å². The molecule has 1 heterocycles. The van der Waals surface area contributed by atoms with E-state index in [1.54, 1.807) is 7.05 Å². The molecule has 6 nitrogen and oxygen atoms in total. The average Bonchev–Trinajstić information content (AvgIpc) is 2.19. The zero-order valence-corrected chi connectivity index (χ0v) is 12.5. The van der Waals surface area contributed by atoms with Crippen molar-refractivity contribution in [2.45, 2.75) is 33.0 Å². The van der Waals surface area contributed by atoms with Crippen molar-refractivity contribution in [1.29, 1.82) is 0 Å². The smallest absolute Gasteiger partial charge is 0.292 e. The summed E-state index contributed by atoms with van der Waals surface area (Å²) in [6.07, 6.45) is 0. The summed E-state index contributed by atoms with van der Waals surface area (Å²) in [5.41, 5.74) is -1.33. The zero-order valence-electron chi connectivity index (χ0n) is 11.7. The molecule has 0 radical (unpaired) electrons. The van der Waals surface area contributed by atoms with E-state index in [1.165, 1.54) is 13.7 Å². The Kier molecular flexibility index (Phi) is 3.97. The Balaban J connectivity index is 3.78. The van der Waals surface area contributed by atoms with E-state index in [4.69, 9.17) is 12.2 Å². The molecule has 0 saturated heterocycles. The second-order valence-corrected chi connectivity index (χ2v) is 5.93. The van der Waals surface area contributed by atoms with Gasteiger partial charge in [-0.2, -0.15) is 0 Å². The number of hydrogen-bond acceptors (Lipinski definition) is 4. The molecule has 0 amide bonds. The molecule has 0 aliphatic rings. The van der Waals surface area contributed by atoms with Crippen molar-refractivity contribution in [2.75, 3.05) is 14.1 Å². The first-order valence-corrected chi connectivity index (χ1v) is 6.06. The van der Waals surface area contributed by atoms with Gasteiger partial charge in [-0.15, -0.1) is 0 Å². The molecule has 0 fully saturated rings. The van der Waals surface area contributed by atoms with Crippen LogP contribution in [0.15, 0.2) is 9.59 Å². The van der Waals surface area contributed by atoms with Crippen molar-refractivity contribution in [1.82, 2.24) is 18.6 Å². The van der Waals surface area contributed by atoms with Gasteiger partial charge in [0.25, 0.3) is 0 Å². The molecule has 18 heavy (non-hydrogen) atoms. The molecule has 1 aromatic heterocycles. The van der Waals surface area contributed by atoms with Crippen LogP contribution in [0, 0.1) is 4.77 Å². The maximum absolute atomic E-state index is 12.4. The van der Waals surface area contributed by atoms with E-state index < -0.39 is 5.54 Å². The molecular formula is C11H20N4O2S. The topological polar surface area (TPSA) is 52.2 Å². The number of rotatable bonds is 2. The molecule has 0 spiro atoms. The maximum Gasteiger partial charge on any atom is 0.336 e. The quantitative estimate of drug-likeness (QED) is 0.729. The van der Waals surface area contributed by atoms with Crippen LogP contribution in [-0.2, 0) is 19.3 Å². The van der Waals surface area contributed by atoms with Crippen LogP contribution in [0.2, 0.25) is 0 Å². The first kappa shape index (κ1) is 14.8. The molecular weight excluding hydrogens is 252 g/mol. The van der Waals surface area contributed by atoms with E-state index in [1.807, 2.05) is 39.8 Å². The minimum Gasteiger partial charge on any atom is -0.292 e. The van der Waals surface area contributed by atoms with E-state index in [0.29, 0.717) is 6.67 Å². The molecule has 0 saturated carbocycles. The summed E-state index contributed by atoms with van der Waals surface area (Å²) in [5.74, 6) is 0. The number of hydrogen-bond donors (Lipinski definition) is 0. The monoisotopic (exact) mass is 272 g/mol. The molecule has 0 bridgehead atoms. The van der Waals surface area contributed by atoms with Gasteiger partial charge in [0.05, 0.1) is 6.67 Å². The van der Waals surface area contributed by atoms with E-state index in [-0.39, 0.29) is 16.2 Å². The minimum atomic E-state index is -0.580. The van der Waals surface area contributed by atoms with Gasteiger partial charge in [-0.05, 0) is 47.1 Å². The molecule has 0 N–H and O–H groups in total. The van der Waals surface area contributed by atoms with Gasteiger partial charge in [0.2, 0.25) is 0 Å². The Hall–Kier alpha value is -1.21. The number of nitrogens with zero attached hydrogens (tertiary/aromatic N) is 4. The summed E-state index contributed by atoms with van der Waals surface area (Å²) in [7, 11) is 5.26. The normalized spacial score (nSPS) is 12.2. The largest absolute Gasteiger partial charge is 0.336 e. The van der Waals surface area contributed by atoms with Crippen LogP contribution in [0.5, 0.6) is 0 Å². The molecule has 0 unspecified atom stereocenters. The molecule has 0 atom stereocenters. The van der Waals surface area contributed by atoms with Crippen molar-refractivity contribution >= 4 is 12.2 Å². The standard InChI is InChI=1S/C11H20N4O2S/c1-11(2,3)15-8(16)13(6)10(18)14(9(15)17)7-12(4)5/h7H2,1-6H3. The third kappa shape index (κ3) is 2.62. The molecule has 0 aromatic carbocycles. The van der Waals surface area contributed by atoms with Gasteiger partial charge in [-0.1, -0.05) is 0 Å². The summed E-state index contributed by atoms with van der Waals surface area (Å²) in [6, 6.07) is 0. The predicted octanol–water partition coefficient (Wildman–Crippen LogP) is 0.352. The first-order chi connectivity index (χ1) is 8.07. The van der Waals surface area contributed by atoms with Gasteiger partial charge >= 0.3 is 11.4 Å². The minimum absolute atomic E-state index is 0.235. The van der Waals surface area contributed by atoms with Crippen LogP contribution >= 0.6 is 12.2 Å². The van der Waals surface area contributed by atoms with Gasteiger partial charge in [-0.3, -0.25) is 14.0 Å². The lowest BCUT2D eigenvalue weighted by molar-refractivity contribution is 0.274. The van der Waals surface area contributed by atoms with Gasteiger partial charge in [-0.25, -0.2) is 14.2 Å². The van der Waals surface area contributed by atoms with Crippen molar-refractivity contribution in [3.05, 3.63) is 25.7 Å². The second kappa shape index (κ2) is 4.81. The predicted molar refractivity (Wildman–Crippen MR) is 73.5 cm³/mol. The highest BCUT2D eigenvalue weighted by atomic mass is 32.1. The van der Waals surface area contributed by atoms with Crippen molar-refractivity contribution in [3.8, 4) is 0 Å². The Morgan fingerprint density at radius 3 is 2.06 bits per heavy atom. The maximum atomic E-state index is 12.4. The Morgan fingerprint density at radius 1 is 1.17 bits per heavy atom. The van der Waals surface area contributed by atoms with Gasteiger partial charge in [0.1, 0.15) is 0 Å². The van der Waals surface area contributed by atoms with E-state index in [9.17, 15) is 9.59 Å². The first-order valence-electron chi connectivity index (χ1n) is 5.65. The fraction of sp³-hybridized carbons (Fsp3) is 0.727. The highest BCUT2D eigenvalue weighted by Crippen LogP contribution is 2.07. The third-order valence-electron chi connectivity index (χ3n) is 2.51.